The second-order valence-corrected chi connectivity index (χ2v) is 9.73. The Morgan fingerprint density at radius 2 is 1.60 bits per heavy atom. The van der Waals surface area contributed by atoms with E-state index < -0.39 is 6.10 Å². The van der Waals surface area contributed by atoms with Gasteiger partial charge in [0.25, 0.3) is 0 Å². The molecule has 2 amide bonds. The summed E-state index contributed by atoms with van der Waals surface area (Å²) in [5, 5.41) is 28.9. The van der Waals surface area contributed by atoms with Crippen molar-refractivity contribution < 1.29 is 28.9 Å². The number of hydrogen-bond acceptors (Lipinski definition) is 7. The van der Waals surface area contributed by atoms with E-state index in [9.17, 15) is 19.4 Å². The van der Waals surface area contributed by atoms with Crippen LogP contribution in [-0.2, 0) is 6.54 Å². The number of phenols is 1. The summed E-state index contributed by atoms with van der Waals surface area (Å²) in [5.74, 6) is 1.23. The maximum atomic E-state index is 13.0. The van der Waals surface area contributed by atoms with E-state index in [1.807, 2.05) is 29.2 Å². The summed E-state index contributed by atoms with van der Waals surface area (Å²) in [6, 6.07) is 20.5. The number of ether oxygens (including phenoxy) is 2. The van der Waals surface area contributed by atoms with Crippen molar-refractivity contribution in [3.8, 4) is 17.2 Å². The molecule has 3 aromatic carbocycles. The maximum Gasteiger partial charge on any atom is 0.317 e. The lowest BCUT2D eigenvalue weighted by Gasteiger charge is -2.33. The van der Waals surface area contributed by atoms with E-state index >= 15 is 0 Å². The molecule has 9 nitrogen and oxygen atoms in total. The number of likely N-dealkylation sites (tertiary alicyclic amines) is 1. The number of nitrogens with one attached hydrogen (secondary N) is 3. The third-order valence-corrected chi connectivity index (χ3v) is 6.57. The summed E-state index contributed by atoms with van der Waals surface area (Å²) in [5.41, 5.74) is 1.86. The topological polar surface area (TPSA) is 115 Å². The Morgan fingerprint density at radius 3 is 2.30 bits per heavy atom. The van der Waals surface area contributed by atoms with Crippen molar-refractivity contribution in [3.63, 3.8) is 0 Å². The molecule has 0 saturated carbocycles. The molecule has 40 heavy (non-hydrogen) atoms. The van der Waals surface area contributed by atoms with Gasteiger partial charge in [0.05, 0.1) is 0 Å². The molecule has 3 aromatic rings. The van der Waals surface area contributed by atoms with Gasteiger partial charge >= 0.3 is 6.03 Å². The fourth-order valence-electron chi connectivity index (χ4n) is 4.31. The van der Waals surface area contributed by atoms with Crippen LogP contribution in [0, 0.1) is 5.82 Å². The Balaban J connectivity index is 1.06. The lowest BCUT2D eigenvalue weighted by Crippen LogP contribution is -2.46. The molecule has 1 aliphatic rings. The normalized spacial score (nSPS) is 14.4. The van der Waals surface area contributed by atoms with Crippen molar-refractivity contribution in [1.82, 2.24) is 15.5 Å². The molecule has 1 fully saturated rings. The quantitative estimate of drug-likeness (QED) is 0.205. The highest BCUT2D eigenvalue weighted by Gasteiger charge is 2.22. The fraction of sp³-hybridized carbons (Fsp3) is 0.367. The summed E-state index contributed by atoms with van der Waals surface area (Å²) >= 11 is 0. The van der Waals surface area contributed by atoms with Crippen LogP contribution in [0.2, 0.25) is 0 Å². The van der Waals surface area contributed by atoms with Gasteiger partial charge in [0.2, 0.25) is 0 Å². The second-order valence-electron chi connectivity index (χ2n) is 9.73. The SMILES string of the molecule is O=C(NCc1ccc(F)cc1)N1CCC(Nc2ccc(OCCNCC(O)COc3ccc(O)cc3)cc2)CC1. The van der Waals surface area contributed by atoms with Crippen LogP contribution in [-0.4, -0.2) is 72.7 Å². The first-order valence-corrected chi connectivity index (χ1v) is 13.5. The van der Waals surface area contributed by atoms with Gasteiger partial charge in [0.1, 0.15) is 42.4 Å². The lowest BCUT2D eigenvalue weighted by molar-refractivity contribution is 0.105. The molecule has 1 atom stereocenters. The van der Waals surface area contributed by atoms with Gasteiger partial charge in [-0.1, -0.05) is 12.1 Å². The molecule has 0 bridgehead atoms. The number of amides is 2. The predicted octanol–water partition coefficient (Wildman–Crippen LogP) is 3.73. The average molecular weight is 553 g/mol. The number of carbonyl (C=O) groups excluding carboxylic acids is 1. The highest BCUT2D eigenvalue weighted by Crippen LogP contribution is 2.20. The fourth-order valence-corrected chi connectivity index (χ4v) is 4.31. The highest BCUT2D eigenvalue weighted by atomic mass is 19.1. The van der Waals surface area contributed by atoms with Crippen LogP contribution in [0.4, 0.5) is 14.9 Å². The smallest absolute Gasteiger partial charge is 0.317 e. The van der Waals surface area contributed by atoms with Gasteiger partial charge in [-0.05, 0) is 79.1 Å². The van der Waals surface area contributed by atoms with Gasteiger partial charge in [0.15, 0.2) is 0 Å². The van der Waals surface area contributed by atoms with Gasteiger partial charge in [0, 0.05) is 44.5 Å². The standard InChI is InChI=1S/C30H37FN4O5/c31-23-3-1-22(2-4-23)19-33-30(38)35-16-13-25(14-17-35)34-24-5-9-28(10-6-24)39-18-15-32-20-27(37)21-40-29-11-7-26(36)8-12-29/h1-12,25,27,32,34,36-37H,13-21H2,(H,33,38). The van der Waals surface area contributed by atoms with E-state index in [0.717, 1.165) is 29.8 Å². The number of phenolic OH excluding ortho intramolecular Hbond substituents is 1. The van der Waals surface area contributed by atoms with Crippen molar-refractivity contribution in [3.05, 3.63) is 84.2 Å². The van der Waals surface area contributed by atoms with Crippen molar-refractivity contribution in [2.24, 2.45) is 0 Å². The van der Waals surface area contributed by atoms with Crippen LogP contribution in [0.15, 0.2) is 72.8 Å². The van der Waals surface area contributed by atoms with Gasteiger partial charge in [-0.3, -0.25) is 0 Å². The molecule has 214 valence electrons. The van der Waals surface area contributed by atoms with Gasteiger partial charge in [-0.25, -0.2) is 9.18 Å². The molecule has 5 N–H and O–H groups in total. The van der Waals surface area contributed by atoms with Crippen molar-refractivity contribution in [2.45, 2.75) is 31.5 Å². The predicted molar refractivity (Wildman–Crippen MR) is 151 cm³/mol. The average Bonchev–Trinajstić information content (AvgIpc) is 2.97. The van der Waals surface area contributed by atoms with Crippen LogP contribution >= 0.6 is 0 Å². The number of benzene rings is 3. The third-order valence-electron chi connectivity index (χ3n) is 6.57. The number of hydrogen-bond donors (Lipinski definition) is 5. The minimum absolute atomic E-state index is 0.101. The summed E-state index contributed by atoms with van der Waals surface area (Å²) in [6.45, 7) is 3.26. The van der Waals surface area contributed by atoms with Crippen LogP contribution < -0.4 is 25.4 Å². The third kappa shape index (κ3) is 9.62. The molecule has 1 aliphatic heterocycles. The van der Waals surface area contributed by atoms with Gasteiger partial charge < -0.3 is 40.5 Å². The van der Waals surface area contributed by atoms with Crippen molar-refractivity contribution >= 4 is 11.7 Å². The highest BCUT2D eigenvalue weighted by molar-refractivity contribution is 5.74. The summed E-state index contributed by atoms with van der Waals surface area (Å²) < 4.78 is 24.3. The number of piperidine rings is 1. The monoisotopic (exact) mass is 552 g/mol. The van der Waals surface area contributed by atoms with Crippen LogP contribution in [0.25, 0.3) is 0 Å². The molecule has 1 saturated heterocycles. The van der Waals surface area contributed by atoms with E-state index in [1.54, 1.807) is 24.3 Å². The molecule has 0 spiro atoms. The molecular weight excluding hydrogens is 515 g/mol. The number of anilines is 1. The molecule has 0 aromatic heterocycles. The number of aromatic hydroxyl groups is 1. The van der Waals surface area contributed by atoms with Gasteiger partial charge in [-0.2, -0.15) is 0 Å². The Hall–Kier alpha value is -4.02. The maximum absolute atomic E-state index is 13.0. The Morgan fingerprint density at radius 1 is 0.950 bits per heavy atom. The number of carbonyl (C=O) groups is 1. The number of rotatable bonds is 13. The number of aliphatic hydroxyl groups is 1. The van der Waals surface area contributed by atoms with E-state index in [0.29, 0.717) is 45.1 Å². The molecule has 0 radical (unpaired) electrons. The molecular formula is C30H37FN4O5. The molecule has 4 rings (SSSR count). The van der Waals surface area contributed by atoms with Crippen molar-refractivity contribution in [2.75, 3.05) is 44.7 Å². The zero-order chi connectivity index (χ0) is 28.2. The van der Waals surface area contributed by atoms with E-state index in [4.69, 9.17) is 9.47 Å². The Bertz CT molecular complexity index is 1170. The molecule has 1 heterocycles. The first kappa shape index (κ1) is 29.0. The summed E-state index contributed by atoms with van der Waals surface area (Å²) in [7, 11) is 0. The number of aliphatic hydroxyl groups excluding tert-OH is 1. The minimum atomic E-state index is -0.665. The number of halogens is 1. The second kappa shape index (κ2) is 14.9. The Kier molecular flexibility index (Phi) is 10.8. The first-order chi connectivity index (χ1) is 19.4. The van der Waals surface area contributed by atoms with Crippen LogP contribution in [0.3, 0.4) is 0 Å². The number of nitrogens with zero attached hydrogens (tertiary/aromatic N) is 1. The summed E-state index contributed by atoms with van der Waals surface area (Å²) in [4.78, 5) is 14.3. The molecule has 10 heteroatoms. The van der Waals surface area contributed by atoms with Crippen LogP contribution in [0.5, 0.6) is 17.2 Å². The lowest BCUT2D eigenvalue weighted by atomic mass is 10.0. The van der Waals surface area contributed by atoms with Crippen LogP contribution in [0.1, 0.15) is 18.4 Å². The van der Waals surface area contributed by atoms with E-state index in [1.165, 1.54) is 24.3 Å². The van der Waals surface area contributed by atoms with Gasteiger partial charge in [-0.15, -0.1) is 0 Å². The van der Waals surface area contributed by atoms with E-state index in [-0.39, 0.29) is 30.2 Å². The molecule has 1 unspecified atom stereocenters. The summed E-state index contributed by atoms with van der Waals surface area (Å²) in [6.07, 6.45) is 1.03. The first-order valence-electron chi connectivity index (χ1n) is 13.5. The zero-order valence-corrected chi connectivity index (χ0v) is 22.4. The molecule has 0 aliphatic carbocycles. The zero-order valence-electron chi connectivity index (χ0n) is 22.4. The minimum Gasteiger partial charge on any atom is -0.508 e. The number of urea groups is 1. The van der Waals surface area contributed by atoms with E-state index in [2.05, 4.69) is 16.0 Å². The Labute approximate surface area is 233 Å². The largest absolute Gasteiger partial charge is 0.508 e. The van der Waals surface area contributed by atoms with Crippen molar-refractivity contribution in [1.29, 1.82) is 0 Å².